The molecule has 0 saturated carbocycles. The van der Waals surface area contributed by atoms with Crippen LogP contribution in [0.2, 0.25) is 0 Å². The second-order valence-corrected chi connectivity index (χ2v) is 1.60. The van der Waals surface area contributed by atoms with E-state index in [1.54, 1.807) is 0 Å². The zero-order valence-electron chi connectivity index (χ0n) is 5.32. The fraction of sp³-hybridized carbons (Fsp3) is 0.800. The number of halogens is 1. The Labute approximate surface area is 53.1 Å². The van der Waals surface area contributed by atoms with Gasteiger partial charge in [-0.05, 0) is 10.9 Å². The minimum Gasteiger partial charge on any atom is -0.354 e. The Bertz CT molecular complexity index is 87.0. The molecule has 0 aromatic heterocycles. The van der Waals surface area contributed by atoms with Gasteiger partial charge in [-0.1, -0.05) is 6.92 Å². The number of rotatable bonds is 4. The Morgan fingerprint density at radius 1 is 1.78 bits per heavy atom. The summed E-state index contributed by atoms with van der Waals surface area (Å²) in [6.07, 6.45) is 0.845. The molecule has 1 amide bonds. The molecule has 9 heavy (non-hydrogen) atoms. The highest BCUT2D eigenvalue weighted by molar-refractivity contribution is 5.76. The maximum atomic E-state index is 10.9. The molecule has 0 heterocycles. The highest BCUT2D eigenvalue weighted by Gasteiger charge is 1.97. The van der Waals surface area contributed by atoms with Gasteiger partial charge in [-0.25, -0.2) is 0 Å². The second kappa shape index (κ2) is 5.50. The number of amides is 1. The second-order valence-electron chi connectivity index (χ2n) is 1.60. The quantitative estimate of drug-likeness (QED) is 0.606. The molecular formula is C5H10FNO2. The third-order valence-electron chi connectivity index (χ3n) is 0.758. The molecule has 0 atom stereocenters. The Hall–Kier alpha value is -0.640. The molecule has 0 bridgehead atoms. The van der Waals surface area contributed by atoms with Crippen molar-refractivity contribution >= 4 is 5.91 Å². The Morgan fingerprint density at radius 3 is 2.89 bits per heavy atom. The molecule has 0 aliphatic rings. The molecule has 1 N–H and O–H groups in total. The zero-order chi connectivity index (χ0) is 7.11. The molecule has 0 aliphatic heterocycles. The van der Waals surface area contributed by atoms with Gasteiger partial charge in [0.05, 0.1) is 0 Å². The molecule has 0 saturated heterocycles. The van der Waals surface area contributed by atoms with Crippen LogP contribution in [-0.2, 0) is 9.74 Å². The summed E-state index contributed by atoms with van der Waals surface area (Å²) in [6.45, 7) is 1.98. The smallest absolute Gasteiger partial charge is 0.249 e. The van der Waals surface area contributed by atoms with E-state index in [1.165, 1.54) is 0 Å². The van der Waals surface area contributed by atoms with Crippen molar-refractivity contribution in [1.29, 1.82) is 0 Å². The molecule has 0 rings (SSSR count). The SMILES string of the molecule is CCCNC(=O)COF. The first-order chi connectivity index (χ1) is 4.31. The number of carbonyl (C=O) groups excluding carboxylic acids is 1. The molecular weight excluding hydrogens is 125 g/mol. The minimum absolute atomic E-state index is 0.417. The third-order valence-corrected chi connectivity index (χ3v) is 0.758. The zero-order valence-corrected chi connectivity index (χ0v) is 5.32. The maximum Gasteiger partial charge on any atom is 0.249 e. The van der Waals surface area contributed by atoms with Crippen LogP contribution in [0.4, 0.5) is 4.53 Å². The number of nitrogens with one attached hydrogen (secondary N) is 1. The van der Waals surface area contributed by atoms with Crippen molar-refractivity contribution in [3.05, 3.63) is 0 Å². The molecule has 0 radical (unpaired) electrons. The van der Waals surface area contributed by atoms with E-state index in [1.807, 2.05) is 6.92 Å². The van der Waals surface area contributed by atoms with Crippen molar-refractivity contribution in [3.8, 4) is 0 Å². The van der Waals surface area contributed by atoms with E-state index >= 15 is 0 Å². The maximum absolute atomic E-state index is 10.9. The fourth-order valence-corrected chi connectivity index (χ4v) is 0.365. The molecule has 0 unspecified atom stereocenters. The van der Waals surface area contributed by atoms with Gasteiger partial charge in [0.25, 0.3) is 0 Å². The van der Waals surface area contributed by atoms with Gasteiger partial charge in [-0.15, -0.1) is 0 Å². The summed E-state index contributed by atoms with van der Waals surface area (Å²) in [5.74, 6) is -0.417. The highest BCUT2D eigenvalue weighted by atomic mass is 19.3. The highest BCUT2D eigenvalue weighted by Crippen LogP contribution is 1.74. The number of carbonyl (C=O) groups is 1. The van der Waals surface area contributed by atoms with Crippen molar-refractivity contribution < 1.29 is 14.3 Å². The fourth-order valence-electron chi connectivity index (χ4n) is 0.365. The van der Waals surface area contributed by atoms with Crippen molar-refractivity contribution in [3.63, 3.8) is 0 Å². The molecule has 3 nitrogen and oxygen atoms in total. The van der Waals surface area contributed by atoms with Gasteiger partial charge in [-0.2, -0.15) is 4.94 Å². The lowest BCUT2D eigenvalue weighted by molar-refractivity contribution is -0.156. The van der Waals surface area contributed by atoms with Gasteiger partial charge < -0.3 is 5.32 Å². The van der Waals surface area contributed by atoms with Crippen LogP contribution in [0.3, 0.4) is 0 Å². The van der Waals surface area contributed by atoms with Gasteiger partial charge in [0.2, 0.25) is 5.91 Å². The summed E-state index contributed by atoms with van der Waals surface area (Å²) < 4.78 is 10.9. The van der Waals surface area contributed by atoms with E-state index in [2.05, 4.69) is 10.3 Å². The minimum atomic E-state index is -0.500. The summed E-state index contributed by atoms with van der Waals surface area (Å²) in [5.41, 5.74) is 0. The van der Waals surface area contributed by atoms with Gasteiger partial charge in [0, 0.05) is 6.54 Å². The van der Waals surface area contributed by atoms with Crippen molar-refractivity contribution in [2.45, 2.75) is 13.3 Å². The topological polar surface area (TPSA) is 38.3 Å². The summed E-state index contributed by atoms with van der Waals surface area (Å²) in [6, 6.07) is 0. The molecule has 0 aromatic rings. The normalized spacial score (nSPS) is 9.11. The van der Waals surface area contributed by atoms with Crippen LogP contribution < -0.4 is 5.32 Å². The summed E-state index contributed by atoms with van der Waals surface area (Å²) in [5, 5.41) is 2.43. The third kappa shape index (κ3) is 5.23. The number of hydrogen-bond donors (Lipinski definition) is 1. The Morgan fingerprint density at radius 2 is 2.44 bits per heavy atom. The largest absolute Gasteiger partial charge is 0.354 e. The van der Waals surface area contributed by atoms with Crippen LogP contribution in [0, 0.1) is 0 Å². The monoisotopic (exact) mass is 135 g/mol. The van der Waals surface area contributed by atoms with E-state index < -0.39 is 12.5 Å². The van der Waals surface area contributed by atoms with Crippen LogP contribution in [0.15, 0.2) is 0 Å². The summed E-state index contributed by atoms with van der Waals surface area (Å²) >= 11 is 0. The lowest BCUT2D eigenvalue weighted by Crippen LogP contribution is -2.27. The molecule has 0 aliphatic carbocycles. The molecule has 0 fully saturated rings. The standard InChI is InChI=1S/C5H10FNO2/c1-2-3-7-5(8)4-9-6/h2-4H2,1H3,(H,7,8). The van der Waals surface area contributed by atoms with Crippen molar-refractivity contribution in [2.75, 3.05) is 13.2 Å². The van der Waals surface area contributed by atoms with Crippen LogP contribution >= 0.6 is 0 Å². The summed E-state index contributed by atoms with van der Waals surface area (Å²) in [4.78, 5) is 13.4. The van der Waals surface area contributed by atoms with E-state index in [9.17, 15) is 9.32 Å². The number of hydrogen-bond acceptors (Lipinski definition) is 2. The summed E-state index contributed by atoms with van der Waals surface area (Å²) in [7, 11) is 0. The van der Waals surface area contributed by atoms with Gasteiger partial charge in [-0.3, -0.25) is 4.79 Å². The van der Waals surface area contributed by atoms with Crippen molar-refractivity contribution in [2.24, 2.45) is 0 Å². The van der Waals surface area contributed by atoms with Gasteiger partial charge in [0.1, 0.15) is 0 Å². The lowest BCUT2D eigenvalue weighted by atomic mass is 10.5. The van der Waals surface area contributed by atoms with Crippen LogP contribution in [0.1, 0.15) is 13.3 Å². The van der Waals surface area contributed by atoms with Crippen molar-refractivity contribution in [1.82, 2.24) is 5.32 Å². The van der Waals surface area contributed by atoms with Crippen LogP contribution in [0.5, 0.6) is 0 Å². The molecule has 4 heteroatoms. The Kier molecular flexibility index (Phi) is 5.11. The van der Waals surface area contributed by atoms with E-state index in [4.69, 9.17) is 0 Å². The predicted octanol–water partition coefficient (Wildman–Crippen LogP) is 0.414. The average Bonchev–Trinajstić information content (AvgIpc) is 1.85. The first-order valence-electron chi connectivity index (χ1n) is 2.81. The van der Waals surface area contributed by atoms with E-state index in [-0.39, 0.29) is 0 Å². The lowest BCUT2D eigenvalue weighted by Gasteiger charge is -1.97. The first-order valence-corrected chi connectivity index (χ1v) is 2.81. The first kappa shape index (κ1) is 8.36. The molecule has 54 valence electrons. The molecule has 0 spiro atoms. The van der Waals surface area contributed by atoms with E-state index in [0.717, 1.165) is 6.42 Å². The molecule has 0 aromatic carbocycles. The van der Waals surface area contributed by atoms with E-state index in [0.29, 0.717) is 6.54 Å². The van der Waals surface area contributed by atoms with Crippen LogP contribution in [0.25, 0.3) is 0 Å². The Balaban J connectivity index is 3.06. The predicted molar refractivity (Wildman–Crippen MR) is 30.4 cm³/mol. The van der Waals surface area contributed by atoms with Gasteiger partial charge >= 0.3 is 0 Å². The van der Waals surface area contributed by atoms with Gasteiger partial charge in [0.15, 0.2) is 6.61 Å². The average molecular weight is 135 g/mol. The van der Waals surface area contributed by atoms with Crippen LogP contribution in [-0.4, -0.2) is 19.1 Å².